The molecule has 0 aliphatic carbocycles. The predicted octanol–water partition coefficient (Wildman–Crippen LogP) is -0.229. The summed E-state index contributed by atoms with van der Waals surface area (Å²) in [6.45, 7) is 2.79. The van der Waals surface area contributed by atoms with Crippen LogP contribution in [-0.2, 0) is 9.59 Å². The van der Waals surface area contributed by atoms with Crippen molar-refractivity contribution >= 4 is 17.9 Å². The van der Waals surface area contributed by atoms with Crippen molar-refractivity contribution in [3.8, 4) is 0 Å². The molecule has 18 heavy (non-hydrogen) atoms. The van der Waals surface area contributed by atoms with Gasteiger partial charge < -0.3 is 20.6 Å². The van der Waals surface area contributed by atoms with E-state index in [9.17, 15) is 14.4 Å². The minimum atomic E-state index is -1.00. The number of amides is 3. The van der Waals surface area contributed by atoms with Crippen LogP contribution in [0.2, 0.25) is 0 Å². The zero-order valence-corrected chi connectivity index (χ0v) is 10.4. The molecule has 1 saturated heterocycles. The van der Waals surface area contributed by atoms with Crippen molar-refractivity contribution in [2.24, 2.45) is 0 Å². The molecule has 0 aromatic rings. The van der Waals surface area contributed by atoms with Gasteiger partial charge >= 0.3 is 12.0 Å². The number of carbonyl (C=O) groups excluding carboxylic acids is 2. The highest BCUT2D eigenvalue weighted by Crippen LogP contribution is 2.16. The molecule has 1 heterocycles. The maximum Gasteiger partial charge on any atom is 0.326 e. The standard InChI is InChI=1S/C11H19N3O4/c1-2-5-12-9(15)7-13-11(18)14-6-3-4-8(14)10(16)17/h8H,2-7H2,1H3,(H,12,15)(H,13,18)(H,16,17)/t8-/m0/s1. The van der Waals surface area contributed by atoms with E-state index in [0.717, 1.165) is 6.42 Å². The van der Waals surface area contributed by atoms with Gasteiger partial charge in [-0.25, -0.2) is 9.59 Å². The van der Waals surface area contributed by atoms with Crippen LogP contribution in [0.1, 0.15) is 26.2 Å². The molecule has 1 fully saturated rings. The first-order valence-electron chi connectivity index (χ1n) is 6.10. The lowest BCUT2D eigenvalue weighted by molar-refractivity contribution is -0.141. The molecule has 0 spiro atoms. The van der Waals surface area contributed by atoms with Crippen molar-refractivity contribution in [3.05, 3.63) is 0 Å². The second kappa shape index (κ2) is 6.83. The van der Waals surface area contributed by atoms with Gasteiger partial charge in [-0.15, -0.1) is 0 Å². The van der Waals surface area contributed by atoms with Crippen LogP contribution in [0, 0.1) is 0 Å². The second-order valence-electron chi connectivity index (χ2n) is 4.20. The summed E-state index contributed by atoms with van der Waals surface area (Å²) < 4.78 is 0. The molecule has 0 aromatic heterocycles. The van der Waals surface area contributed by atoms with E-state index in [1.54, 1.807) is 0 Å². The van der Waals surface area contributed by atoms with E-state index in [1.165, 1.54) is 4.90 Å². The molecule has 7 nitrogen and oxygen atoms in total. The fourth-order valence-corrected chi connectivity index (χ4v) is 1.85. The predicted molar refractivity (Wildman–Crippen MR) is 64.1 cm³/mol. The van der Waals surface area contributed by atoms with Crippen molar-refractivity contribution in [2.75, 3.05) is 19.6 Å². The van der Waals surface area contributed by atoms with Crippen LogP contribution in [0.25, 0.3) is 0 Å². The molecular weight excluding hydrogens is 238 g/mol. The quantitative estimate of drug-likeness (QED) is 0.633. The van der Waals surface area contributed by atoms with Crippen molar-refractivity contribution < 1.29 is 19.5 Å². The van der Waals surface area contributed by atoms with E-state index in [4.69, 9.17) is 5.11 Å². The van der Waals surface area contributed by atoms with Gasteiger partial charge in [-0.1, -0.05) is 6.92 Å². The van der Waals surface area contributed by atoms with E-state index in [2.05, 4.69) is 10.6 Å². The topological polar surface area (TPSA) is 98.7 Å². The highest BCUT2D eigenvalue weighted by atomic mass is 16.4. The van der Waals surface area contributed by atoms with E-state index in [-0.39, 0.29) is 12.5 Å². The number of rotatable bonds is 5. The number of carboxylic acids is 1. The van der Waals surface area contributed by atoms with Gasteiger partial charge in [0.05, 0.1) is 6.54 Å². The van der Waals surface area contributed by atoms with E-state index >= 15 is 0 Å². The first-order chi connectivity index (χ1) is 8.56. The molecule has 1 aliphatic heterocycles. The first-order valence-corrected chi connectivity index (χ1v) is 6.10. The van der Waals surface area contributed by atoms with Gasteiger partial charge in [0, 0.05) is 13.1 Å². The summed E-state index contributed by atoms with van der Waals surface area (Å²) in [5.74, 6) is -1.27. The van der Waals surface area contributed by atoms with Gasteiger partial charge in [-0.2, -0.15) is 0 Å². The van der Waals surface area contributed by atoms with Crippen molar-refractivity contribution in [3.63, 3.8) is 0 Å². The number of nitrogens with one attached hydrogen (secondary N) is 2. The van der Waals surface area contributed by atoms with Crippen LogP contribution in [0.4, 0.5) is 4.79 Å². The lowest BCUT2D eigenvalue weighted by atomic mass is 10.2. The zero-order chi connectivity index (χ0) is 13.5. The summed E-state index contributed by atoms with van der Waals surface area (Å²) >= 11 is 0. The molecule has 3 amide bonds. The summed E-state index contributed by atoms with van der Waals surface area (Å²) in [7, 11) is 0. The third kappa shape index (κ3) is 3.90. The third-order valence-electron chi connectivity index (χ3n) is 2.77. The Hall–Kier alpha value is -1.79. The minimum Gasteiger partial charge on any atom is -0.480 e. The molecule has 1 rings (SSSR count). The van der Waals surface area contributed by atoms with Crippen molar-refractivity contribution in [2.45, 2.75) is 32.2 Å². The van der Waals surface area contributed by atoms with Crippen molar-refractivity contribution in [1.29, 1.82) is 0 Å². The molecule has 0 saturated carbocycles. The van der Waals surface area contributed by atoms with Gasteiger partial charge in [-0.05, 0) is 19.3 Å². The smallest absolute Gasteiger partial charge is 0.326 e. The number of likely N-dealkylation sites (tertiary alicyclic amines) is 1. The minimum absolute atomic E-state index is 0.123. The molecule has 0 aromatic carbocycles. The molecule has 1 atom stereocenters. The van der Waals surface area contributed by atoms with Crippen LogP contribution in [0.15, 0.2) is 0 Å². The van der Waals surface area contributed by atoms with Gasteiger partial charge in [0.15, 0.2) is 0 Å². The van der Waals surface area contributed by atoms with Crippen LogP contribution >= 0.6 is 0 Å². The van der Waals surface area contributed by atoms with E-state index in [1.807, 2.05) is 6.92 Å². The van der Waals surface area contributed by atoms with E-state index < -0.39 is 18.0 Å². The van der Waals surface area contributed by atoms with Gasteiger partial charge in [0.2, 0.25) is 5.91 Å². The number of hydrogen-bond acceptors (Lipinski definition) is 3. The van der Waals surface area contributed by atoms with Gasteiger partial charge in [-0.3, -0.25) is 4.79 Å². The third-order valence-corrected chi connectivity index (χ3v) is 2.77. The Kier molecular flexibility index (Phi) is 5.41. The number of nitrogens with zero attached hydrogens (tertiary/aromatic N) is 1. The summed E-state index contributed by atoms with van der Waals surface area (Å²) in [4.78, 5) is 35.1. The van der Waals surface area contributed by atoms with Crippen molar-refractivity contribution in [1.82, 2.24) is 15.5 Å². The maximum absolute atomic E-state index is 11.7. The average Bonchev–Trinajstić information content (AvgIpc) is 2.82. The summed E-state index contributed by atoms with van der Waals surface area (Å²) in [6.07, 6.45) is 1.96. The molecular formula is C11H19N3O4. The number of carboxylic acid groups (broad SMARTS) is 1. The largest absolute Gasteiger partial charge is 0.480 e. The van der Waals surface area contributed by atoms with Crippen LogP contribution in [0.5, 0.6) is 0 Å². The Morgan fingerprint density at radius 2 is 2.06 bits per heavy atom. The molecule has 0 radical (unpaired) electrons. The lowest BCUT2D eigenvalue weighted by Gasteiger charge is -2.21. The molecule has 102 valence electrons. The fourth-order valence-electron chi connectivity index (χ4n) is 1.85. The SMILES string of the molecule is CCCNC(=O)CNC(=O)N1CCC[C@H]1C(=O)O. The fraction of sp³-hybridized carbons (Fsp3) is 0.727. The first kappa shape index (κ1) is 14.3. The van der Waals surface area contributed by atoms with Crippen LogP contribution < -0.4 is 10.6 Å². The second-order valence-corrected chi connectivity index (χ2v) is 4.20. The summed E-state index contributed by atoms with van der Waals surface area (Å²) in [5.41, 5.74) is 0. The Balaban J connectivity index is 2.36. The Morgan fingerprint density at radius 3 is 2.67 bits per heavy atom. The highest BCUT2D eigenvalue weighted by molar-refractivity contribution is 5.87. The number of hydrogen-bond donors (Lipinski definition) is 3. The summed E-state index contributed by atoms with van der Waals surface area (Å²) in [5, 5.41) is 14.0. The van der Waals surface area contributed by atoms with Gasteiger partial charge in [0.25, 0.3) is 0 Å². The number of urea groups is 1. The highest BCUT2D eigenvalue weighted by Gasteiger charge is 2.33. The maximum atomic E-state index is 11.7. The molecule has 3 N–H and O–H groups in total. The summed E-state index contributed by atoms with van der Waals surface area (Å²) in [6, 6.07) is -1.27. The monoisotopic (exact) mass is 257 g/mol. The van der Waals surface area contributed by atoms with Crippen LogP contribution in [0.3, 0.4) is 0 Å². The van der Waals surface area contributed by atoms with Gasteiger partial charge in [0.1, 0.15) is 6.04 Å². The number of aliphatic carboxylic acids is 1. The lowest BCUT2D eigenvalue weighted by Crippen LogP contribution is -2.48. The average molecular weight is 257 g/mol. The zero-order valence-electron chi connectivity index (χ0n) is 10.4. The Morgan fingerprint density at radius 1 is 1.33 bits per heavy atom. The molecule has 0 unspecified atom stereocenters. The normalized spacial score (nSPS) is 18.5. The van der Waals surface area contributed by atoms with Crippen LogP contribution in [-0.4, -0.2) is 53.6 Å². The molecule has 7 heteroatoms. The Labute approximate surface area is 106 Å². The number of carbonyl (C=O) groups is 3. The molecule has 1 aliphatic rings. The molecule has 0 bridgehead atoms. The van der Waals surface area contributed by atoms with E-state index in [0.29, 0.717) is 25.9 Å². The Bertz CT molecular complexity index is 332.